The summed E-state index contributed by atoms with van der Waals surface area (Å²) in [6, 6.07) is 24.0. The third-order valence-corrected chi connectivity index (χ3v) is 4.79. The number of allylic oxidation sites excluding steroid dienone is 1. The molecule has 0 fully saturated rings. The number of nitrogens with two attached hydrogens (primary N) is 1. The summed E-state index contributed by atoms with van der Waals surface area (Å²) < 4.78 is 5.69. The molecule has 0 radical (unpaired) electrons. The van der Waals surface area contributed by atoms with Gasteiger partial charge in [-0.2, -0.15) is 0 Å². The van der Waals surface area contributed by atoms with Gasteiger partial charge in [0.05, 0.1) is 0 Å². The van der Waals surface area contributed by atoms with Gasteiger partial charge in [0, 0.05) is 6.54 Å². The summed E-state index contributed by atoms with van der Waals surface area (Å²) in [7, 11) is 0. The first-order chi connectivity index (χ1) is 13.6. The fourth-order valence-corrected chi connectivity index (χ4v) is 3.47. The maximum Gasteiger partial charge on any atom is 0.119 e. The van der Waals surface area contributed by atoms with E-state index in [1.807, 2.05) is 24.3 Å². The van der Waals surface area contributed by atoms with Gasteiger partial charge in [-0.1, -0.05) is 55.5 Å². The number of hydrogen-bond acceptors (Lipinski definition) is 3. The van der Waals surface area contributed by atoms with Crippen LogP contribution in [0.5, 0.6) is 11.5 Å². The monoisotopic (exact) mass is 373 g/mol. The maximum atomic E-state index is 9.75. The molecule has 0 unspecified atom stereocenters. The van der Waals surface area contributed by atoms with Gasteiger partial charge in [-0.05, 0) is 71.0 Å². The zero-order valence-corrected chi connectivity index (χ0v) is 16.5. The molecule has 0 saturated heterocycles. The van der Waals surface area contributed by atoms with Crippen LogP contribution in [0.15, 0.2) is 72.8 Å². The van der Waals surface area contributed by atoms with Crippen LogP contribution in [-0.2, 0) is 0 Å². The lowest BCUT2D eigenvalue weighted by Gasteiger charge is -2.19. The molecule has 0 atom stereocenters. The molecule has 0 aliphatic heterocycles. The molecule has 0 bridgehead atoms. The third-order valence-electron chi connectivity index (χ3n) is 4.79. The van der Waals surface area contributed by atoms with Crippen molar-refractivity contribution < 1.29 is 9.84 Å². The van der Waals surface area contributed by atoms with Crippen molar-refractivity contribution in [3.8, 4) is 11.5 Å². The van der Waals surface area contributed by atoms with Gasteiger partial charge in [0.15, 0.2) is 0 Å². The van der Waals surface area contributed by atoms with Crippen LogP contribution in [0.4, 0.5) is 0 Å². The number of hydrogen-bond donors (Lipinski definition) is 2. The third kappa shape index (κ3) is 4.44. The van der Waals surface area contributed by atoms with Crippen LogP contribution in [0.1, 0.15) is 35.6 Å². The summed E-state index contributed by atoms with van der Waals surface area (Å²) in [5.74, 6) is 1.10. The Bertz CT molecular complexity index is 944. The van der Waals surface area contributed by atoms with Gasteiger partial charge >= 0.3 is 0 Å². The highest BCUT2D eigenvalue weighted by Gasteiger charge is 2.15. The predicted molar refractivity (Wildman–Crippen MR) is 116 cm³/mol. The minimum absolute atomic E-state index is 0.267. The zero-order valence-electron chi connectivity index (χ0n) is 16.5. The smallest absolute Gasteiger partial charge is 0.119 e. The van der Waals surface area contributed by atoms with Crippen LogP contribution in [0, 0.1) is 6.92 Å². The number of phenols is 1. The minimum Gasteiger partial charge on any atom is -0.508 e. The zero-order chi connectivity index (χ0) is 19.9. The first-order valence-corrected chi connectivity index (χ1v) is 9.66. The molecular formula is C25H27NO2. The second-order valence-electron chi connectivity index (χ2n) is 6.73. The molecule has 0 heterocycles. The van der Waals surface area contributed by atoms with E-state index in [4.69, 9.17) is 10.5 Å². The predicted octanol–water partition coefficient (Wildman–Crippen LogP) is 5.41. The Morgan fingerprint density at radius 1 is 0.929 bits per heavy atom. The number of aryl methyl sites for hydroxylation is 1. The van der Waals surface area contributed by atoms with Gasteiger partial charge in [-0.15, -0.1) is 0 Å². The van der Waals surface area contributed by atoms with Crippen molar-refractivity contribution in [1.29, 1.82) is 0 Å². The largest absolute Gasteiger partial charge is 0.508 e. The SMILES string of the molecule is CCC(=C(c1ccc(O)cc1)c1ccc(OCCN)cc1C)c1ccccc1. The minimum atomic E-state index is 0.267. The van der Waals surface area contributed by atoms with Crippen molar-refractivity contribution in [3.63, 3.8) is 0 Å². The van der Waals surface area contributed by atoms with Crippen LogP contribution in [-0.4, -0.2) is 18.3 Å². The molecule has 3 N–H and O–H groups in total. The van der Waals surface area contributed by atoms with E-state index in [1.165, 1.54) is 16.7 Å². The van der Waals surface area contributed by atoms with Gasteiger partial charge in [0.25, 0.3) is 0 Å². The molecule has 144 valence electrons. The van der Waals surface area contributed by atoms with Crippen molar-refractivity contribution in [1.82, 2.24) is 0 Å². The number of phenolic OH excluding ortho intramolecular Hbond substituents is 1. The Hall–Kier alpha value is -3.04. The van der Waals surface area contributed by atoms with E-state index in [1.54, 1.807) is 12.1 Å². The Morgan fingerprint density at radius 2 is 1.64 bits per heavy atom. The van der Waals surface area contributed by atoms with Crippen LogP contribution in [0.2, 0.25) is 0 Å². The summed E-state index contributed by atoms with van der Waals surface area (Å²) in [6.45, 7) is 5.28. The lowest BCUT2D eigenvalue weighted by molar-refractivity contribution is 0.328. The molecule has 0 aliphatic carbocycles. The fraction of sp³-hybridized carbons (Fsp3) is 0.200. The second kappa shape index (κ2) is 9.25. The highest BCUT2D eigenvalue weighted by atomic mass is 16.5. The Labute approximate surface area is 167 Å². The first-order valence-electron chi connectivity index (χ1n) is 9.66. The van der Waals surface area contributed by atoms with E-state index in [0.717, 1.165) is 28.9 Å². The Morgan fingerprint density at radius 3 is 2.25 bits per heavy atom. The van der Waals surface area contributed by atoms with Crippen molar-refractivity contribution in [3.05, 3.63) is 95.1 Å². The summed E-state index contributed by atoms with van der Waals surface area (Å²) >= 11 is 0. The van der Waals surface area contributed by atoms with E-state index >= 15 is 0 Å². The number of rotatable bonds is 7. The Balaban J connectivity index is 2.20. The molecule has 3 aromatic rings. The lowest BCUT2D eigenvalue weighted by Crippen LogP contribution is -2.10. The van der Waals surface area contributed by atoms with Gasteiger partial charge in [0.1, 0.15) is 18.1 Å². The van der Waals surface area contributed by atoms with Gasteiger partial charge in [-0.3, -0.25) is 0 Å². The molecule has 0 aliphatic rings. The lowest BCUT2D eigenvalue weighted by atomic mass is 9.86. The molecule has 0 saturated carbocycles. The molecule has 3 nitrogen and oxygen atoms in total. The molecule has 3 heteroatoms. The van der Waals surface area contributed by atoms with Gasteiger partial charge in [0.2, 0.25) is 0 Å². The average molecular weight is 373 g/mol. The summed E-state index contributed by atoms with van der Waals surface area (Å²) in [5, 5.41) is 9.75. The molecule has 0 amide bonds. The highest BCUT2D eigenvalue weighted by molar-refractivity contribution is 5.99. The van der Waals surface area contributed by atoms with Crippen molar-refractivity contribution in [2.75, 3.05) is 13.2 Å². The topological polar surface area (TPSA) is 55.5 Å². The molecule has 0 aromatic heterocycles. The number of aromatic hydroxyl groups is 1. The first kappa shape index (κ1) is 19.7. The summed E-state index contributed by atoms with van der Waals surface area (Å²) in [5.41, 5.74) is 12.6. The molecule has 28 heavy (non-hydrogen) atoms. The fourth-order valence-electron chi connectivity index (χ4n) is 3.47. The number of ether oxygens (including phenoxy) is 1. The summed E-state index contributed by atoms with van der Waals surface area (Å²) in [4.78, 5) is 0. The normalized spacial score (nSPS) is 11.8. The van der Waals surface area contributed by atoms with Crippen molar-refractivity contribution >= 4 is 11.1 Å². The molecule has 3 aromatic carbocycles. The van der Waals surface area contributed by atoms with Crippen LogP contribution < -0.4 is 10.5 Å². The summed E-state index contributed by atoms with van der Waals surface area (Å²) in [6.07, 6.45) is 0.894. The molecule has 3 rings (SSSR count). The molecule has 0 spiro atoms. The average Bonchev–Trinajstić information content (AvgIpc) is 2.72. The van der Waals surface area contributed by atoms with Crippen LogP contribution >= 0.6 is 0 Å². The van der Waals surface area contributed by atoms with E-state index in [2.05, 4.69) is 50.2 Å². The van der Waals surface area contributed by atoms with Gasteiger partial charge in [-0.25, -0.2) is 0 Å². The van der Waals surface area contributed by atoms with Crippen LogP contribution in [0.25, 0.3) is 11.1 Å². The van der Waals surface area contributed by atoms with Gasteiger partial charge < -0.3 is 15.6 Å². The maximum absolute atomic E-state index is 9.75. The Kier molecular flexibility index (Phi) is 6.51. The quantitative estimate of drug-likeness (QED) is 0.545. The van der Waals surface area contributed by atoms with E-state index in [9.17, 15) is 5.11 Å². The van der Waals surface area contributed by atoms with E-state index < -0.39 is 0 Å². The van der Waals surface area contributed by atoms with Crippen molar-refractivity contribution in [2.45, 2.75) is 20.3 Å². The highest BCUT2D eigenvalue weighted by Crippen LogP contribution is 2.37. The van der Waals surface area contributed by atoms with E-state index in [0.29, 0.717) is 13.2 Å². The van der Waals surface area contributed by atoms with E-state index in [-0.39, 0.29) is 5.75 Å². The second-order valence-corrected chi connectivity index (χ2v) is 6.73. The molecular weight excluding hydrogens is 346 g/mol. The van der Waals surface area contributed by atoms with Crippen molar-refractivity contribution in [2.24, 2.45) is 5.73 Å². The van der Waals surface area contributed by atoms with Crippen LogP contribution in [0.3, 0.4) is 0 Å². The standard InChI is InChI=1S/C25H27NO2/c1-3-23(19-7-5-4-6-8-19)25(20-9-11-21(27)12-10-20)24-14-13-22(17-18(24)2)28-16-15-26/h4-14,17,27H,3,15-16,26H2,1-2H3. The number of benzene rings is 3.